The summed E-state index contributed by atoms with van der Waals surface area (Å²) in [6, 6.07) is 5.18. The number of ether oxygens (including phenoxy) is 2. The Morgan fingerprint density at radius 2 is 2.04 bits per heavy atom. The lowest BCUT2D eigenvalue weighted by Crippen LogP contribution is -2.17. The Hall–Kier alpha value is -3.36. The average Bonchev–Trinajstić information content (AvgIpc) is 3.20. The number of hydrogen-bond acceptors (Lipinski definition) is 7. The Balaban J connectivity index is 1.85. The van der Waals surface area contributed by atoms with E-state index in [1.165, 1.54) is 11.8 Å². The van der Waals surface area contributed by atoms with E-state index in [-0.39, 0.29) is 17.8 Å². The highest BCUT2D eigenvalue weighted by molar-refractivity contribution is 6.02. The fraction of sp³-hybridized carbons (Fsp3) is 0.250. The third-order valence-corrected chi connectivity index (χ3v) is 3.62. The Bertz CT molecular complexity index is 896. The van der Waals surface area contributed by atoms with Gasteiger partial charge in [-0.1, -0.05) is 5.10 Å². The fourth-order valence-electron chi connectivity index (χ4n) is 2.39. The maximum Gasteiger partial charge on any atom is 0.322 e. The fourth-order valence-corrected chi connectivity index (χ4v) is 2.39. The van der Waals surface area contributed by atoms with Crippen LogP contribution in [0.25, 0.3) is 11.5 Å². The summed E-state index contributed by atoms with van der Waals surface area (Å²) < 4.78 is 17.5. The van der Waals surface area contributed by atoms with Gasteiger partial charge < -0.3 is 13.9 Å². The molecule has 9 nitrogen and oxygen atoms in total. The van der Waals surface area contributed by atoms with Gasteiger partial charge in [-0.25, -0.2) is 0 Å². The molecule has 0 aliphatic rings. The molecule has 0 radical (unpaired) electrons. The summed E-state index contributed by atoms with van der Waals surface area (Å²) >= 11 is 0. The lowest BCUT2D eigenvalue weighted by Gasteiger charge is -2.07. The second kappa shape index (κ2) is 6.63. The molecule has 9 heteroatoms. The molecule has 0 fully saturated rings. The Morgan fingerprint density at radius 1 is 1.24 bits per heavy atom. The molecule has 2 heterocycles. The zero-order chi connectivity index (χ0) is 18.0. The molecule has 130 valence electrons. The van der Waals surface area contributed by atoms with E-state index >= 15 is 0 Å². The van der Waals surface area contributed by atoms with Crippen molar-refractivity contribution < 1.29 is 18.7 Å². The van der Waals surface area contributed by atoms with Gasteiger partial charge in [-0.05, 0) is 24.6 Å². The van der Waals surface area contributed by atoms with Crippen molar-refractivity contribution in [3.63, 3.8) is 0 Å². The molecule has 0 aliphatic heterocycles. The van der Waals surface area contributed by atoms with Crippen LogP contribution in [-0.4, -0.2) is 40.1 Å². The van der Waals surface area contributed by atoms with Crippen molar-refractivity contribution in [2.24, 2.45) is 7.05 Å². The normalized spacial score (nSPS) is 10.6. The number of amides is 1. The van der Waals surface area contributed by atoms with Gasteiger partial charge in [-0.2, -0.15) is 5.10 Å². The van der Waals surface area contributed by atoms with Crippen LogP contribution in [0.4, 0.5) is 6.01 Å². The van der Waals surface area contributed by atoms with Gasteiger partial charge in [0.1, 0.15) is 17.2 Å². The van der Waals surface area contributed by atoms with Crippen LogP contribution in [0.5, 0.6) is 11.5 Å². The predicted molar refractivity (Wildman–Crippen MR) is 88.7 cm³/mol. The van der Waals surface area contributed by atoms with E-state index in [0.29, 0.717) is 22.8 Å². The molecule has 1 amide bonds. The third-order valence-electron chi connectivity index (χ3n) is 3.62. The molecule has 1 N–H and O–H groups in total. The molecule has 2 aromatic heterocycles. The van der Waals surface area contributed by atoms with Crippen LogP contribution >= 0.6 is 0 Å². The summed E-state index contributed by atoms with van der Waals surface area (Å²) in [7, 11) is 4.78. The highest BCUT2D eigenvalue weighted by Gasteiger charge is 2.19. The molecule has 3 aromatic rings. The van der Waals surface area contributed by atoms with Crippen LogP contribution in [0.2, 0.25) is 0 Å². The number of nitrogens with one attached hydrogen (secondary N) is 1. The first-order chi connectivity index (χ1) is 12.0. The van der Waals surface area contributed by atoms with Gasteiger partial charge in [0.2, 0.25) is 0 Å². The lowest BCUT2D eigenvalue weighted by atomic mass is 10.2. The van der Waals surface area contributed by atoms with E-state index < -0.39 is 0 Å². The minimum atomic E-state index is -0.380. The number of carbonyl (C=O) groups is 1. The van der Waals surface area contributed by atoms with Crippen molar-refractivity contribution >= 4 is 11.9 Å². The van der Waals surface area contributed by atoms with Crippen LogP contribution in [0, 0.1) is 6.92 Å². The largest absolute Gasteiger partial charge is 0.497 e. The SMILES string of the molecule is COc1ccc(-c2nnc(NC(=O)c3c(C)cnn3C)o2)c(OC)c1. The Labute approximate surface area is 143 Å². The van der Waals surface area contributed by atoms with Crippen LogP contribution in [0.3, 0.4) is 0 Å². The van der Waals surface area contributed by atoms with Crippen LogP contribution in [0.15, 0.2) is 28.8 Å². The van der Waals surface area contributed by atoms with E-state index in [4.69, 9.17) is 13.9 Å². The number of hydrogen-bond donors (Lipinski definition) is 1. The van der Waals surface area contributed by atoms with Crippen LogP contribution in [0.1, 0.15) is 16.1 Å². The van der Waals surface area contributed by atoms with Crippen molar-refractivity contribution in [2.75, 3.05) is 19.5 Å². The quantitative estimate of drug-likeness (QED) is 0.756. The monoisotopic (exact) mass is 343 g/mol. The van der Waals surface area contributed by atoms with Gasteiger partial charge in [0.05, 0.1) is 26.0 Å². The summed E-state index contributed by atoms with van der Waals surface area (Å²) in [4.78, 5) is 12.3. The first-order valence-corrected chi connectivity index (χ1v) is 7.39. The second-order valence-electron chi connectivity index (χ2n) is 5.23. The number of benzene rings is 1. The Morgan fingerprint density at radius 3 is 2.68 bits per heavy atom. The Kier molecular flexibility index (Phi) is 4.38. The molecule has 0 saturated heterocycles. The van der Waals surface area contributed by atoms with Gasteiger partial charge in [0.25, 0.3) is 11.8 Å². The number of rotatable bonds is 5. The number of methoxy groups -OCH3 is 2. The third kappa shape index (κ3) is 3.16. The van der Waals surface area contributed by atoms with Crippen molar-refractivity contribution in [3.05, 3.63) is 35.7 Å². The van der Waals surface area contributed by atoms with Crippen molar-refractivity contribution in [3.8, 4) is 23.0 Å². The molecule has 0 atom stereocenters. The summed E-state index contributed by atoms with van der Waals surface area (Å²) in [5.41, 5.74) is 1.76. The molecule has 0 unspecified atom stereocenters. The average molecular weight is 343 g/mol. The van der Waals surface area contributed by atoms with Gasteiger partial charge >= 0.3 is 6.01 Å². The summed E-state index contributed by atoms with van der Waals surface area (Å²) in [6.07, 6.45) is 1.61. The van der Waals surface area contributed by atoms with Gasteiger partial charge in [-0.3, -0.25) is 14.8 Å². The maximum atomic E-state index is 12.3. The zero-order valence-corrected chi connectivity index (χ0v) is 14.2. The van der Waals surface area contributed by atoms with Crippen molar-refractivity contribution in [1.82, 2.24) is 20.0 Å². The number of anilines is 1. The molecule has 0 aliphatic carbocycles. The predicted octanol–water partition coefficient (Wildman–Crippen LogP) is 2.05. The highest BCUT2D eigenvalue weighted by atomic mass is 16.5. The highest BCUT2D eigenvalue weighted by Crippen LogP contribution is 2.33. The lowest BCUT2D eigenvalue weighted by molar-refractivity contribution is 0.101. The molecule has 0 saturated carbocycles. The first-order valence-electron chi connectivity index (χ1n) is 7.39. The first kappa shape index (κ1) is 16.5. The smallest absolute Gasteiger partial charge is 0.322 e. The van der Waals surface area contributed by atoms with Gasteiger partial charge in [-0.15, -0.1) is 5.10 Å². The summed E-state index contributed by atoms with van der Waals surface area (Å²) in [5.74, 6) is 0.995. The minimum absolute atomic E-state index is 0.0153. The van der Waals surface area contributed by atoms with Crippen molar-refractivity contribution in [2.45, 2.75) is 6.92 Å². The molecule has 3 rings (SSSR count). The van der Waals surface area contributed by atoms with E-state index in [2.05, 4.69) is 20.6 Å². The van der Waals surface area contributed by atoms with E-state index in [1.807, 2.05) is 0 Å². The molecular formula is C16H17N5O4. The van der Waals surface area contributed by atoms with Crippen molar-refractivity contribution in [1.29, 1.82) is 0 Å². The van der Waals surface area contributed by atoms with E-state index in [1.54, 1.807) is 45.5 Å². The molecular weight excluding hydrogens is 326 g/mol. The van der Waals surface area contributed by atoms with E-state index in [0.717, 1.165) is 5.56 Å². The second-order valence-corrected chi connectivity index (χ2v) is 5.23. The minimum Gasteiger partial charge on any atom is -0.497 e. The number of aromatic nitrogens is 4. The van der Waals surface area contributed by atoms with E-state index in [9.17, 15) is 4.79 Å². The topological polar surface area (TPSA) is 104 Å². The molecule has 1 aromatic carbocycles. The van der Waals surface area contributed by atoms with Gasteiger partial charge in [0.15, 0.2) is 0 Å². The standard InChI is InChI=1S/C16H17N5O4/c1-9-8-17-21(2)13(9)14(22)18-16-20-19-15(25-16)11-6-5-10(23-3)7-12(11)24-4/h5-8H,1-4H3,(H,18,20,22). The maximum absolute atomic E-state index is 12.3. The van der Waals surface area contributed by atoms with Crippen LogP contribution in [-0.2, 0) is 7.05 Å². The van der Waals surface area contributed by atoms with Crippen LogP contribution < -0.4 is 14.8 Å². The summed E-state index contributed by atoms with van der Waals surface area (Å²) in [5, 5.41) is 14.4. The molecule has 25 heavy (non-hydrogen) atoms. The number of carbonyl (C=O) groups excluding carboxylic acids is 1. The molecule has 0 bridgehead atoms. The summed E-state index contributed by atoms with van der Waals surface area (Å²) in [6.45, 7) is 1.80. The molecule has 0 spiro atoms. The van der Waals surface area contributed by atoms with Gasteiger partial charge in [0, 0.05) is 13.1 Å². The number of nitrogens with zero attached hydrogens (tertiary/aromatic N) is 4. The zero-order valence-electron chi connectivity index (χ0n) is 14.2. The number of aryl methyl sites for hydroxylation is 2.